The molecular formula is C17H21NO5S. The minimum absolute atomic E-state index is 0.0261. The first-order valence-electron chi connectivity index (χ1n) is 7.78. The van der Waals surface area contributed by atoms with E-state index in [0.29, 0.717) is 10.2 Å². The highest BCUT2D eigenvalue weighted by Gasteiger charge is 2.30. The number of hydroxylamine groups is 1. The highest BCUT2D eigenvalue weighted by molar-refractivity contribution is 7.89. The number of ether oxygens (including phenoxy) is 1. The van der Waals surface area contributed by atoms with Crippen LogP contribution in [0.5, 0.6) is 5.75 Å². The van der Waals surface area contributed by atoms with Gasteiger partial charge in [-0.2, -0.15) is 0 Å². The third-order valence-electron chi connectivity index (χ3n) is 3.85. The van der Waals surface area contributed by atoms with Crippen LogP contribution in [0.2, 0.25) is 0 Å². The molecule has 0 atom stereocenters. The Bertz CT molecular complexity index is 724. The van der Waals surface area contributed by atoms with Crippen molar-refractivity contribution in [2.45, 2.75) is 37.5 Å². The standard InChI is InChI=1S/C17H21NO5S/c1-3-4-13-22-15-9-11-16(12-10-15)24(20,21)18(2)23-17(19)14-7-5-6-8-14/h9-12,14H,5-8,13H2,1-2H3. The van der Waals surface area contributed by atoms with Gasteiger partial charge < -0.3 is 9.57 Å². The van der Waals surface area contributed by atoms with E-state index in [-0.39, 0.29) is 17.4 Å². The van der Waals surface area contributed by atoms with Gasteiger partial charge in [-0.15, -0.1) is 5.92 Å². The molecule has 1 saturated carbocycles. The number of carbonyl (C=O) groups excluding carboxylic acids is 1. The smallest absolute Gasteiger partial charge is 0.329 e. The van der Waals surface area contributed by atoms with E-state index in [2.05, 4.69) is 11.8 Å². The van der Waals surface area contributed by atoms with Crippen LogP contribution < -0.4 is 4.74 Å². The molecular weight excluding hydrogens is 330 g/mol. The van der Waals surface area contributed by atoms with E-state index in [1.165, 1.54) is 31.3 Å². The summed E-state index contributed by atoms with van der Waals surface area (Å²) in [6.07, 6.45) is 3.44. The highest BCUT2D eigenvalue weighted by atomic mass is 32.2. The second-order valence-electron chi connectivity index (χ2n) is 5.49. The van der Waals surface area contributed by atoms with Crippen LogP contribution in [0.15, 0.2) is 29.2 Å². The van der Waals surface area contributed by atoms with Crippen LogP contribution in [0.1, 0.15) is 32.6 Å². The molecule has 1 aromatic carbocycles. The van der Waals surface area contributed by atoms with Crippen LogP contribution in [0.25, 0.3) is 0 Å². The first-order chi connectivity index (χ1) is 11.4. The number of carbonyl (C=O) groups is 1. The molecule has 0 radical (unpaired) electrons. The zero-order chi connectivity index (χ0) is 17.6. The van der Waals surface area contributed by atoms with Crippen LogP contribution in [-0.2, 0) is 19.7 Å². The Morgan fingerprint density at radius 1 is 1.25 bits per heavy atom. The molecule has 1 fully saturated rings. The Hall–Kier alpha value is -2.04. The van der Waals surface area contributed by atoms with Gasteiger partial charge in [-0.05, 0) is 48.5 Å². The summed E-state index contributed by atoms with van der Waals surface area (Å²) >= 11 is 0. The molecule has 6 nitrogen and oxygen atoms in total. The molecule has 0 spiro atoms. The van der Waals surface area contributed by atoms with Crippen molar-refractivity contribution in [3.8, 4) is 17.6 Å². The van der Waals surface area contributed by atoms with Crippen molar-refractivity contribution < 1.29 is 22.8 Å². The third-order valence-corrected chi connectivity index (χ3v) is 5.47. The molecule has 0 saturated heterocycles. The number of nitrogens with zero attached hydrogens (tertiary/aromatic N) is 1. The lowest BCUT2D eigenvalue weighted by atomic mass is 10.1. The lowest BCUT2D eigenvalue weighted by molar-refractivity contribution is -0.171. The number of rotatable bonds is 6. The number of benzene rings is 1. The van der Waals surface area contributed by atoms with E-state index in [9.17, 15) is 13.2 Å². The van der Waals surface area contributed by atoms with Crippen LogP contribution in [-0.4, -0.2) is 32.5 Å². The van der Waals surface area contributed by atoms with Crippen molar-refractivity contribution in [1.29, 1.82) is 0 Å². The van der Waals surface area contributed by atoms with Gasteiger partial charge in [0, 0.05) is 7.05 Å². The van der Waals surface area contributed by atoms with Crippen molar-refractivity contribution in [2.24, 2.45) is 5.92 Å². The van der Waals surface area contributed by atoms with Gasteiger partial charge in [0.2, 0.25) is 0 Å². The first kappa shape index (κ1) is 18.3. The van der Waals surface area contributed by atoms with Gasteiger partial charge in [-0.25, -0.2) is 8.42 Å². The van der Waals surface area contributed by atoms with Gasteiger partial charge in [0.25, 0.3) is 10.0 Å². The van der Waals surface area contributed by atoms with Crippen molar-refractivity contribution in [1.82, 2.24) is 4.47 Å². The predicted molar refractivity (Wildman–Crippen MR) is 88.4 cm³/mol. The Kier molecular flexibility index (Phi) is 6.23. The predicted octanol–water partition coefficient (Wildman–Crippen LogP) is 2.36. The Labute approximate surface area is 142 Å². The van der Waals surface area contributed by atoms with Gasteiger partial charge in [-0.3, -0.25) is 4.79 Å². The molecule has 0 bridgehead atoms. The molecule has 24 heavy (non-hydrogen) atoms. The van der Waals surface area contributed by atoms with Crippen molar-refractivity contribution in [3.63, 3.8) is 0 Å². The quantitative estimate of drug-likeness (QED) is 0.581. The lowest BCUT2D eigenvalue weighted by Gasteiger charge is -2.18. The van der Waals surface area contributed by atoms with Gasteiger partial charge in [0.05, 0.1) is 10.8 Å². The summed E-state index contributed by atoms with van der Waals surface area (Å²) in [4.78, 5) is 17.0. The first-order valence-corrected chi connectivity index (χ1v) is 9.22. The molecule has 1 aliphatic rings. The maximum Gasteiger partial charge on any atom is 0.329 e. The zero-order valence-corrected chi connectivity index (χ0v) is 14.6. The summed E-state index contributed by atoms with van der Waals surface area (Å²) in [6, 6.07) is 5.89. The fraction of sp³-hybridized carbons (Fsp3) is 0.471. The van der Waals surface area contributed by atoms with E-state index in [1.807, 2.05) is 0 Å². The van der Waals surface area contributed by atoms with Gasteiger partial charge in [-0.1, -0.05) is 18.8 Å². The molecule has 7 heteroatoms. The van der Waals surface area contributed by atoms with Crippen LogP contribution in [0, 0.1) is 17.8 Å². The molecule has 0 heterocycles. The summed E-state index contributed by atoms with van der Waals surface area (Å²) in [5, 5.41) is 0. The minimum Gasteiger partial charge on any atom is -0.481 e. The molecule has 1 aromatic rings. The van der Waals surface area contributed by atoms with Gasteiger partial charge >= 0.3 is 5.97 Å². The number of hydrogen-bond donors (Lipinski definition) is 0. The molecule has 0 unspecified atom stereocenters. The minimum atomic E-state index is -3.90. The molecule has 1 aliphatic carbocycles. The number of sulfonamides is 1. The summed E-state index contributed by atoms with van der Waals surface area (Å²) in [5.74, 6) is 5.27. The molecule has 2 rings (SSSR count). The number of hydrogen-bond acceptors (Lipinski definition) is 5. The van der Waals surface area contributed by atoms with Crippen LogP contribution in [0.4, 0.5) is 0 Å². The van der Waals surface area contributed by atoms with Crippen molar-refractivity contribution in [3.05, 3.63) is 24.3 Å². The average Bonchev–Trinajstić information content (AvgIpc) is 3.10. The van der Waals surface area contributed by atoms with Crippen LogP contribution in [0.3, 0.4) is 0 Å². The summed E-state index contributed by atoms with van der Waals surface area (Å²) in [5.41, 5.74) is 0. The molecule has 0 aliphatic heterocycles. The Morgan fingerprint density at radius 3 is 2.46 bits per heavy atom. The van der Waals surface area contributed by atoms with Crippen molar-refractivity contribution in [2.75, 3.05) is 13.7 Å². The van der Waals surface area contributed by atoms with Crippen molar-refractivity contribution >= 4 is 16.0 Å². The monoisotopic (exact) mass is 351 g/mol. The maximum atomic E-state index is 12.4. The summed E-state index contributed by atoms with van der Waals surface area (Å²) in [7, 11) is -2.67. The Morgan fingerprint density at radius 2 is 1.88 bits per heavy atom. The topological polar surface area (TPSA) is 72.9 Å². The van der Waals surface area contributed by atoms with E-state index in [0.717, 1.165) is 25.7 Å². The van der Waals surface area contributed by atoms with E-state index in [4.69, 9.17) is 9.57 Å². The van der Waals surface area contributed by atoms with E-state index < -0.39 is 16.0 Å². The molecule has 0 aromatic heterocycles. The largest absolute Gasteiger partial charge is 0.481 e. The molecule has 0 amide bonds. The van der Waals surface area contributed by atoms with Gasteiger partial charge in [0.1, 0.15) is 12.4 Å². The van der Waals surface area contributed by atoms with E-state index in [1.54, 1.807) is 6.92 Å². The third kappa shape index (κ3) is 4.49. The summed E-state index contributed by atoms with van der Waals surface area (Å²) in [6.45, 7) is 1.95. The SMILES string of the molecule is CC#CCOc1ccc(S(=O)(=O)N(C)OC(=O)C2CCCC2)cc1. The normalized spacial score (nSPS) is 15.0. The Balaban J connectivity index is 2.02. The highest BCUT2D eigenvalue weighted by Crippen LogP contribution is 2.27. The molecule has 130 valence electrons. The second kappa shape index (κ2) is 8.18. The van der Waals surface area contributed by atoms with Gasteiger partial charge in [0.15, 0.2) is 0 Å². The second-order valence-corrected chi connectivity index (χ2v) is 7.43. The fourth-order valence-corrected chi connectivity index (χ4v) is 3.41. The molecule has 0 N–H and O–H groups in total. The van der Waals surface area contributed by atoms with Crippen LogP contribution >= 0.6 is 0 Å². The maximum absolute atomic E-state index is 12.4. The lowest BCUT2D eigenvalue weighted by Crippen LogP contribution is -2.32. The summed E-state index contributed by atoms with van der Waals surface area (Å²) < 4.78 is 30.8. The van der Waals surface area contributed by atoms with E-state index >= 15 is 0 Å². The zero-order valence-electron chi connectivity index (χ0n) is 13.8. The fourth-order valence-electron chi connectivity index (χ4n) is 2.46. The average molecular weight is 351 g/mol.